The topological polar surface area (TPSA) is 54.7 Å². The first-order chi connectivity index (χ1) is 17.1. The van der Waals surface area contributed by atoms with Crippen molar-refractivity contribution in [3.05, 3.63) is 63.3 Å². The molecule has 5 nitrogen and oxygen atoms in total. The molecule has 2 fully saturated rings. The van der Waals surface area contributed by atoms with E-state index in [1.807, 2.05) is 30.8 Å². The molecule has 8 heteroatoms. The van der Waals surface area contributed by atoms with Crippen LogP contribution >= 0.6 is 40.1 Å². The van der Waals surface area contributed by atoms with E-state index in [9.17, 15) is 9.90 Å². The summed E-state index contributed by atoms with van der Waals surface area (Å²) >= 11 is 5.47. The van der Waals surface area contributed by atoms with Crippen molar-refractivity contribution in [2.75, 3.05) is 25.4 Å². The predicted octanol–water partition coefficient (Wildman–Crippen LogP) is 7.11. The Morgan fingerprint density at radius 1 is 1.19 bits per heavy atom. The number of carbonyl (C=O) groups excluding carboxylic acids is 1. The van der Waals surface area contributed by atoms with E-state index < -0.39 is 0 Å². The monoisotopic (exact) mass is 592 g/mol. The Kier molecular flexibility index (Phi) is 9.31. The predicted molar refractivity (Wildman–Crippen MR) is 154 cm³/mol. The molecule has 0 amide bonds. The normalized spacial score (nSPS) is 15.8. The lowest BCUT2D eigenvalue weighted by molar-refractivity contribution is 0.0527. The number of likely N-dealkylation sites (tertiary alicyclic amines) is 1. The number of thioether (sulfide) groups is 1. The molecule has 194 valence electrons. The summed E-state index contributed by atoms with van der Waals surface area (Å²) in [6.45, 7) is 4.87. The van der Waals surface area contributed by atoms with Crippen molar-refractivity contribution in [3.63, 3.8) is 0 Å². The molecule has 2 heterocycles. The van der Waals surface area contributed by atoms with E-state index in [0.29, 0.717) is 29.2 Å². The Hall–Kier alpha value is -1.67. The second kappa shape index (κ2) is 12.2. The fraction of sp³-hybridized carbons (Fsp3) is 0.464. The van der Waals surface area contributed by atoms with Crippen molar-refractivity contribution < 1.29 is 14.6 Å². The van der Waals surface area contributed by atoms with E-state index >= 15 is 0 Å². The van der Waals surface area contributed by atoms with Crippen molar-refractivity contribution >= 4 is 57.0 Å². The molecular formula is C28H34BrClN2O3S. The number of benzene rings is 2. The van der Waals surface area contributed by atoms with E-state index in [1.165, 1.54) is 18.4 Å². The molecule has 1 saturated heterocycles. The van der Waals surface area contributed by atoms with Gasteiger partial charge in [0.15, 0.2) is 0 Å². The average molecular weight is 594 g/mol. The molecule has 1 saturated carbocycles. The van der Waals surface area contributed by atoms with Crippen LogP contribution < -0.4 is 0 Å². The highest BCUT2D eigenvalue weighted by atomic mass is 79.9. The summed E-state index contributed by atoms with van der Waals surface area (Å²) in [5, 5.41) is 12.0. The molecule has 0 bridgehead atoms. The number of ether oxygens (including phenoxy) is 1. The molecular weight excluding hydrogens is 560 g/mol. The Morgan fingerprint density at radius 3 is 2.58 bits per heavy atom. The summed E-state index contributed by atoms with van der Waals surface area (Å²) in [6, 6.07) is 12.9. The van der Waals surface area contributed by atoms with Crippen LogP contribution in [0.5, 0.6) is 5.75 Å². The van der Waals surface area contributed by atoms with Crippen molar-refractivity contribution in [3.8, 4) is 5.75 Å². The second-order valence-corrected chi connectivity index (χ2v) is 11.5. The van der Waals surface area contributed by atoms with Gasteiger partial charge in [-0.3, -0.25) is 4.90 Å². The molecule has 3 aromatic rings. The molecule has 1 aliphatic heterocycles. The average Bonchev–Trinajstić information content (AvgIpc) is 3.46. The SMILES string of the molecule is CCOC(=O)c1c(CSCCc2ccccc2)n(C2CC2)c2cc(Br)c(O)c(CN3CCCC3)c12.Cl. The van der Waals surface area contributed by atoms with Gasteiger partial charge in [-0.1, -0.05) is 30.3 Å². The summed E-state index contributed by atoms with van der Waals surface area (Å²) in [4.78, 5) is 15.8. The first-order valence-electron chi connectivity index (χ1n) is 12.7. The van der Waals surface area contributed by atoms with Crippen LogP contribution in [0.25, 0.3) is 10.9 Å². The van der Waals surface area contributed by atoms with Crippen molar-refractivity contribution in [2.45, 2.75) is 57.4 Å². The Bertz CT molecular complexity index is 1210. The minimum absolute atomic E-state index is 0. The second-order valence-electron chi connectivity index (χ2n) is 9.49. The largest absolute Gasteiger partial charge is 0.506 e. The van der Waals surface area contributed by atoms with E-state index in [2.05, 4.69) is 49.7 Å². The third-order valence-electron chi connectivity index (χ3n) is 7.01. The smallest absolute Gasteiger partial charge is 0.340 e. The highest BCUT2D eigenvalue weighted by Crippen LogP contribution is 2.47. The van der Waals surface area contributed by atoms with Crippen LogP contribution in [-0.4, -0.2) is 46.0 Å². The van der Waals surface area contributed by atoms with Crippen LogP contribution in [0.2, 0.25) is 0 Å². The number of hydrogen-bond donors (Lipinski definition) is 1. The number of esters is 1. The summed E-state index contributed by atoms with van der Waals surface area (Å²) in [5.41, 5.74) is 4.90. The lowest BCUT2D eigenvalue weighted by Crippen LogP contribution is -2.19. The number of halogens is 2. The fourth-order valence-electron chi connectivity index (χ4n) is 5.19. The van der Waals surface area contributed by atoms with E-state index in [1.54, 1.807) is 0 Å². The molecule has 36 heavy (non-hydrogen) atoms. The van der Waals surface area contributed by atoms with E-state index in [4.69, 9.17) is 4.74 Å². The Morgan fingerprint density at radius 2 is 1.92 bits per heavy atom. The van der Waals surface area contributed by atoms with Gasteiger partial charge in [-0.2, -0.15) is 11.8 Å². The maximum Gasteiger partial charge on any atom is 0.340 e. The van der Waals surface area contributed by atoms with Crippen molar-refractivity contribution in [2.24, 2.45) is 0 Å². The molecule has 2 aliphatic rings. The van der Waals surface area contributed by atoms with E-state index in [0.717, 1.165) is 66.0 Å². The first kappa shape index (κ1) is 27.4. The molecule has 2 aromatic carbocycles. The molecule has 0 radical (unpaired) electrons. The van der Waals surface area contributed by atoms with Gasteiger partial charge in [-0.25, -0.2) is 4.79 Å². The van der Waals surface area contributed by atoms with Crippen LogP contribution in [-0.2, 0) is 23.5 Å². The number of aromatic hydroxyl groups is 1. The lowest BCUT2D eigenvalue weighted by Gasteiger charge is -2.18. The number of rotatable bonds is 10. The molecule has 0 atom stereocenters. The van der Waals surface area contributed by atoms with Gasteiger partial charge in [-0.15, -0.1) is 12.4 Å². The third kappa shape index (κ3) is 5.74. The third-order valence-corrected chi connectivity index (χ3v) is 8.59. The zero-order valence-electron chi connectivity index (χ0n) is 20.7. The van der Waals surface area contributed by atoms with Gasteiger partial charge in [-0.05, 0) is 85.4 Å². The number of nitrogens with zero attached hydrogens (tertiary/aromatic N) is 2. The molecule has 0 spiro atoms. The summed E-state index contributed by atoms with van der Waals surface area (Å²) in [6.07, 6.45) is 5.59. The van der Waals surface area contributed by atoms with Gasteiger partial charge in [0, 0.05) is 35.0 Å². The van der Waals surface area contributed by atoms with Crippen molar-refractivity contribution in [1.29, 1.82) is 0 Å². The molecule has 5 rings (SSSR count). The van der Waals surface area contributed by atoms with Gasteiger partial charge in [0.05, 0.1) is 22.2 Å². The Balaban J connectivity index is 0.00000304. The quantitative estimate of drug-likeness (QED) is 0.200. The zero-order chi connectivity index (χ0) is 24.4. The van der Waals surface area contributed by atoms with E-state index in [-0.39, 0.29) is 24.1 Å². The van der Waals surface area contributed by atoms with Crippen LogP contribution in [0.1, 0.15) is 65.8 Å². The number of fused-ring (bicyclic) bond motifs is 1. The number of aromatic nitrogens is 1. The minimum atomic E-state index is -0.278. The van der Waals surface area contributed by atoms with Gasteiger partial charge < -0.3 is 14.4 Å². The molecule has 1 N–H and O–H groups in total. The van der Waals surface area contributed by atoms with Crippen LogP contribution in [0.4, 0.5) is 0 Å². The summed E-state index contributed by atoms with van der Waals surface area (Å²) < 4.78 is 8.65. The number of carbonyl (C=O) groups is 1. The molecule has 1 aliphatic carbocycles. The molecule has 0 unspecified atom stereocenters. The maximum absolute atomic E-state index is 13.4. The van der Waals surface area contributed by atoms with Gasteiger partial charge in [0.25, 0.3) is 0 Å². The standard InChI is InChI=1S/C28H33BrN2O3S.ClH/c1-2-34-28(33)26-24(18-35-15-12-19-8-4-3-5-9-19)31(20-10-11-20)23-16-22(29)27(32)21(25(23)26)17-30-13-6-7-14-30;/h3-5,8-9,16,20,32H,2,6-7,10-15,17-18H2,1H3;1H. The van der Waals surface area contributed by atoms with Crippen LogP contribution in [0, 0.1) is 0 Å². The number of phenols is 1. The van der Waals surface area contributed by atoms with Gasteiger partial charge in [0.2, 0.25) is 0 Å². The van der Waals surface area contributed by atoms with Gasteiger partial charge in [0.1, 0.15) is 5.75 Å². The molecule has 1 aromatic heterocycles. The number of aryl methyl sites for hydroxylation is 1. The summed E-state index contributed by atoms with van der Waals surface area (Å²) in [7, 11) is 0. The van der Waals surface area contributed by atoms with Crippen LogP contribution in [0.3, 0.4) is 0 Å². The maximum atomic E-state index is 13.4. The number of hydrogen-bond acceptors (Lipinski definition) is 5. The zero-order valence-corrected chi connectivity index (χ0v) is 23.9. The van der Waals surface area contributed by atoms with Gasteiger partial charge >= 0.3 is 5.97 Å². The minimum Gasteiger partial charge on any atom is -0.506 e. The highest BCUT2D eigenvalue weighted by Gasteiger charge is 2.34. The first-order valence-corrected chi connectivity index (χ1v) is 14.6. The highest BCUT2D eigenvalue weighted by molar-refractivity contribution is 9.10. The fourth-order valence-corrected chi connectivity index (χ4v) is 6.65. The number of phenolic OH excluding ortho intramolecular Hbond substituents is 1. The summed E-state index contributed by atoms with van der Waals surface area (Å²) in [5.74, 6) is 1.69. The lowest BCUT2D eigenvalue weighted by atomic mass is 10.0. The Labute approximate surface area is 232 Å². The van der Waals surface area contributed by atoms with Crippen molar-refractivity contribution in [1.82, 2.24) is 9.47 Å². The van der Waals surface area contributed by atoms with Crippen LogP contribution in [0.15, 0.2) is 40.9 Å².